The third-order valence-corrected chi connectivity index (χ3v) is 5.74. The van der Waals surface area contributed by atoms with Gasteiger partial charge in [0, 0.05) is 13.1 Å². The van der Waals surface area contributed by atoms with Crippen molar-refractivity contribution in [3.05, 3.63) is 0 Å². The highest BCUT2D eigenvalue weighted by Gasteiger charge is 2.21. The molecule has 1 rings (SSSR count). The van der Waals surface area contributed by atoms with E-state index in [1.807, 2.05) is 6.92 Å². The molecule has 0 aromatic carbocycles. The third-order valence-electron chi connectivity index (χ3n) is 3.91. The maximum absolute atomic E-state index is 12.0. The zero-order valence-electron chi connectivity index (χ0n) is 12.5. The van der Waals surface area contributed by atoms with Crippen LogP contribution < -0.4 is 10.0 Å². The fourth-order valence-electron chi connectivity index (χ4n) is 2.36. The highest BCUT2D eigenvalue weighted by molar-refractivity contribution is 7.90. The lowest BCUT2D eigenvalue weighted by molar-refractivity contribution is 0.213. The molecule has 5 nitrogen and oxygen atoms in total. The number of likely N-dealkylation sites (tertiary alicyclic amines) is 1. The first kappa shape index (κ1) is 16.9. The molecule has 1 heterocycles. The van der Waals surface area contributed by atoms with Gasteiger partial charge in [0.2, 0.25) is 10.0 Å². The van der Waals surface area contributed by atoms with E-state index < -0.39 is 10.0 Å². The predicted octanol–water partition coefficient (Wildman–Crippen LogP) is 0.636. The molecule has 0 aromatic heterocycles. The molecule has 6 heteroatoms. The lowest BCUT2D eigenvalue weighted by atomic mass is 9.94. The Morgan fingerprint density at radius 2 is 1.95 bits per heavy atom. The van der Waals surface area contributed by atoms with Crippen LogP contribution in [0.2, 0.25) is 0 Å². The highest BCUT2D eigenvalue weighted by Crippen LogP contribution is 2.18. The maximum Gasteiger partial charge on any atom is 0.215 e. The van der Waals surface area contributed by atoms with Crippen molar-refractivity contribution in [1.82, 2.24) is 14.9 Å². The van der Waals surface area contributed by atoms with E-state index in [1.165, 1.54) is 12.8 Å². The van der Waals surface area contributed by atoms with Crippen molar-refractivity contribution in [2.45, 2.75) is 38.4 Å². The molecule has 0 amide bonds. The van der Waals surface area contributed by atoms with E-state index in [4.69, 9.17) is 0 Å². The van der Waals surface area contributed by atoms with Crippen LogP contribution in [0.4, 0.5) is 0 Å². The van der Waals surface area contributed by atoms with Gasteiger partial charge in [0.1, 0.15) is 0 Å². The fraction of sp³-hybridized carbons (Fsp3) is 1.00. The number of piperidine rings is 1. The minimum Gasteiger partial charge on any atom is -0.316 e. The number of rotatable bonds is 8. The zero-order chi connectivity index (χ0) is 14.3. The van der Waals surface area contributed by atoms with Crippen molar-refractivity contribution in [3.63, 3.8) is 0 Å². The van der Waals surface area contributed by atoms with Crippen LogP contribution in [0.5, 0.6) is 0 Å². The average molecular weight is 291 g/mol. The topological polar surface area (TPSA) is 61.4 Å². The quantitative estimate of drug-likeness (QED) is 0.689. The van der Waals surface area contributed by atoms with Crippen molar-refractivity contribution in [2.75, 3.05) is 39.8 Å². The lowest BCUT2D eigenvalue weighted by Crippen LogP contribution is -2.40. The average Bonchev–Trinajstić information content (AvgIpc) is 2.38. The Morgan fingerprint density at radius 3 is 2.53 bits per heavy atom. The van der Waals surface area contributed by atoms with Gasteiger partial charge in [-0.2, -0.15) is 0 Å². The van der Waals surface area contributed by atoms with Crippen LogP contribution in [0, 0.1) is 5.92 Å². The number of nitrogens with one attached hydrogen (secondary N) is 2. The first-order chi connectivity index (χ1) is 8.95. The van der Waals surface area contributed by atoms with Crippen LogP contribution in [0.15, 0.2) is 0 Å². The molecular weight excluding hydrogens is 262 g/mol. The van der Waals surface area contributed by atoms with Gasteiger partial charge in [-0.05, 0) is 58.8 Å². The number of hydrogen-bond acceptors (Lipinski definition) is 4. The molecule has 0 aromatic rings. The summed E-state index contributed by atoms with van der Waals surface area (Å²) in [6.07, 6.45) is 3.33. The molecule has 1 fully saturated rings. The first-order valence-electron chi connectivity index (χ1n) is 7.33. The molecule has 0 saturated carbocycles. The molecular formula is C13H29N3O2S. The summed E-state index contributed by atoms with van der Waals surface area (Å²) >= 11 is 0. The van der Waals surface area contributed by atoms with E-state index >= 15 is 0 Å². The van der Waals surface area contributed by atoms with Crippen molar-refractivity contribution in [1.29, 1.82) is 0 Å². The van der Waals surface area contributed by atoms with Crippen LogP contribution in [0.1, 0.15) is 33.1 Å². The van der Waals surface area contributed by atoms with Gasteiger partial charge in [-0.25, -0.2) is 13.1 Å². The molecule has 0 radical (unpaired) electrons. The van der Waals surface area contributed by atoms with Gasteiger partial charge in [-0.3, -0.25) is 0 Å². The second-order valence-electron chi connectivity index (χ2n) is 5.59. The number of sulfonamides is 1. The maximum atomic E-state index is 12.0. The Morgan fingerprint density at radius 1 is 1.32 bits per heavy atom. The summed E-state index contributed by atoms with van der Waals surface area (Å²) in [5.74, 6) is 0.669. The minimum absolute atomic E-state index is 0.370. The van der Waals surface area contributed by atoms with Crippen molar-refractivity contribution in [2.24, 2.45) is 5.92 Å². The monoisotopic (exact) mass is 291 g/mol. The molecule has 0 bridgehead atoms. The summed E-state index contributed by atoms with van der Waals surface area (Å²) in [5.41, 5.74) is 0. The number of nitrogens with zero attached hydrogens (tertiary/aromatic N) is 1. The number of hydrogen-bond donors (Lipinski definition) is 2. The normalized spacial score (nSPS) is 20.6. The summed E-state index contributed by atoms with van der Waals surface area (Å²) < 4.78 is 26.7. The largest absolute Gasteiger partial charge is 0.316 e. The Hall–Kier alpha value is -0.170. The van der Waals surface area contributed by atoms with E-state index in [0.717, 1.165) is 26.1 Å². The summed E-state index contributed by atoms with van der Waals surface area (Å²) in [6.45, 7) is 7.89. The minimum atomic E-state index is -3.17. The fourth-order valence-corrected chi connectivity index (χ4v) is 3.38. The summed E-state index contributed by atoms with van der Waals surface area (Å²) in [7, 11) is -1.03. The Bertz CT molecular complexity index is 338. The van der Waals surface area contributed by atoms with Gasteiger partial charge in [-0.15, -0.1) is 0 Å². The zero-order valence-corrected chi connectivity index (χ0v) is 13.3. The Labute approximate surface area is 118 Å². The predicted molar refractivity (Wildman–Crippen MR) is 79.8 cm³/mol. The summed E-state index contributed by atoms with van der Waals surface area (Å²) in [6, 6.07) is 0. The molecule has 0 spiro atoms. The van der Waals surface area contributed by atoms with Crippen molar-refractivity contribution in [3.8, 4) is 0 Å². The lowest BCUT2D eigenvalue weighted by Gasteiger charge is -2.29. The van der Waals surface area contributed by atoms with Crippen LogP contribution >= 0.6 is 0 Å². The van der Waals surface area contributed by atoms with E-state index in [2.05, 4.69) is 22.0 Å². The molecule has 2 N–H and O–H groups in total. The smallest absolute Gasteiger partial charge is 0.215 e. The van der Waals surface area contributed by atoms with Gasteiger partial charge in [0.25, 0.3) is 0 Å². The van der Waals surface area contributed by atoms with E-state index in [1.54, 1.807) is 6.92 Å². The third kappa shape index (κ3) is 6.21. The van der Waals surface area contributed by atoms with Crippen LogP contribution in [0.3, 0.4) is 0 Å². The second kappa shape index (κ2) is 8.19. The Balaban J connectivity index is 2.23. The summed E-state index contributed by atoms with van der Waals surface area (Å²) in [4.78, 5) is 2.33. The standard InChI is InChI=1S/C13H29N3O2S/c1-4-14-11-12(2)19(17,18)15-8-5-13-6-9-16(3)10-7-13/h12-15H,4-11H2,1-3H3. The molecule has 0 aliphatic carbocycles. The van der Waals surface area contributed by atoms with Gasteiger partial charge >= 0.3 is 0 Å². The van der Waals surface area contributed by atoms with Gasteiger partial charge in [0.05, 0.1) is 5.25 Å². The molecule has 1 aliphatic rings. The van der Waals surface area contributed by atoms with E-state index in [9.17, 15) is 8.42 Å². The molecule has 1 saturated heterocycles. The first-order valence-corrected chi connectivity index (χ1v) is 8.88. The molecule has 114 valence electrons. The van der Waals surface area contributed by atoms with Crippen LogP contribution in [0.25, 0.3) is 0 Å². The second-order valence-corrected chi connectivity index (χ2v) is 7.78. The Kier molecular flexibility index (Phi) is 7.28. The van der Waals surface area contributed by atoms with Crippen molar-refractivity contribution < 1.29 is 8.42 Å². The van der Waals surface area contributed by atoms with E-state index in [-0.39, 0.29) is 5.25 Å². The van der Waals surface area contributed by atoms with Gasteiger partial charge in [-0.1, -0.05) is 6.92 Å². The molecule has 1 atom stereocenters. The highest BCUT2D eigenvalue weighted by atomic mass is 32.2. The van der Waals surface area contributed by atoms with Gasteiger partial charge < -0.3 is 10.2 Å². The van der Waals surface area contributed by atoms with Crippen LogP contribution in [-0.4, -0.2) is 58.3 Å². The SMILES string of the molecule is CCNCC(C)S(=O)(=O)NCCC1CCN(C)CC1. The van der Waals surface area contributed by atoms with Crippen LogP contribution in [-0.2, 0) is 10.0 Å². The molecule has 19 heavy (non-hydrogen) atoms. The van der Waals surface area contributed by atoms with E-state index in [0.29, 0.717) is 19.0 Å². The molecule has 1 unspecified atom stereocenters. The summed E-state index contributed by atoms with van der Waals surface area (Å²) in [5, 5.41) is 2.70. The van der Waals surface area contributed by atoms with Crippen molar-refractivity contribution >= 4 is 10.0 Å². The molecule has 1 aliphatic heterocycles. The van der Waals surface area contributed by atoms with Gasteiger partial charge in [0.15, 0.2) is 0 Å².